The summed E-state index contributed by atoms with van der Waals surface area (Å²) in [6.07, 6.45) is -8.38. The lowest BCUT2D eigenvalue weighted by molar-refractivity contribution is -0.143. The molecule has 4 rings (SSSR count). The van der Waals surface area contributed by atoms with Crippen molar-refractivity contribution in [1.29, 1.82) is 0 Å². The average Bonchev–Trinajstić information content (AvgIpc) is 2.89. The van der Waals surface area contributed by atoms with Crippen molar-refractivity contribution < 1.29 is 35.9 Å². The minimum absolute atomic E-state index is 0. The van der Waals surface area contributed by atoms with Crippen molar-refractivity contribution in [2.24, 2.45) is 0 Å². The highest BCUT2D eigenvalue weighted by Gasteiger charge is 2.39. The normalized spacial score (nSPS) is 21.9. The molecule has 5 nitrogen and oxygen atoms in total. The van der Waals surface area contributed by atoms with E-state index in [-0.39, 0.29) is 49.6 Å². The second-order valence-electron chi connectivity index (χ2n) is 11.7. The summed E-state index contributed by atoms with van der Waals surface area (Å²) in [5, 5.41) is 0. The maximum atomic E-state index is 13.6. The number of alkyl halides is 6. The third kappa shape index (κ3) is 9.97. The van der Waals surface area contributed by atoms with E-state index in [2.05, 4.69) is 23.6 Å². The molecule has 2 aliphatic heterocycles. The number of aryl methyl sites for hydroxylation is 2. The Kier molecular flexibility index (Phi) is 13.4. The fraction of sp³-hybridized carbons (Fsp3) is 0.581. The first kappa shape index (κ1) is 38.1. The first-order valence-electron chi connectivity index (χ1n) is 14.4. The van der Waals surface area contributed by atoms with Gasteiger partial charge in [0.2, 0.25) is 0 Å². The zero-order chi connectivity index (χ0) is 30.8. The van der Waals surface area contributed by atoms with Crippen LogP contribution in [0.15, 0.2) is 36.4 Å². The number of nitrogens with zero attached hydrogens (tertiary/aromatic N) is 3. The Balaban J connectivity index is 0.00000337. The number of hydrogen-bond acceptors (Lipinski definition) is 4. The molecule has 0 aliphatic carbocycles. The molecule has 13 heteroatoms. The van der Waals surface area contributed by atoms with E-state index in [1.807, 2.05) is 32.0 Å². The molecule has 0 aromatic heterocycles. The molecule has 0 N–H and O–H groups in total. The smallest absolute Gasteiger partial charge is 0.373 e. The molecule has 0 spiro atoms. The number of piperazine rings is 1. The Morgan fingerprint density at radius 1 is 0.795 bits per heavy atom. The molecule has 0 saturated carbocycles. The molecule has 2 aromatic carbocycles. The maximum Gasteiger partial charge on any atom is 0.416 e. The minimum Gasteiger partial charge on any atom is -0.373 e. The average molecular weight is 673 g/mol. The second-order valence-corrected chi connectivity index (χ2v) is 11.7. The quantitative estimate of drug-likeness (QED) is 0.296. The monoisotopic (exact) mass is 671 g/mol. The molecule has 2 fully saturated rings. The fourth-order valence-corrected chi connectivity index (χ4v) is 6.00. The molecular weight excluding hydrogens is 631 g/mol. The third-order valence-electron chi connectivity index (χ3n) is 8.15. The molecule has 0 bridgehead atoms. The molecule has 248 valence electrons. The summed E-state index contributed by atoms with van der Waals surface area (Å²) < 4.78 is 86.9. The maximum absolute atomic E-state index is 13.6. The fourth-order valence-electron chi connectivity index (χ4n) is 6.00. The van der Waals surface area contributed by atoms with Gasteiger partial charge in [0.25, 0.3) is 5.91 Å². The molecule has 2 saturated heterocycles. The third-order valence-corrected chi connectivity index (χ3v) is 8.15. The van der Waals surface area contributed by atoms with Crippen molar-refractivity contribution in [3.63, 3.8) is 0 Å². The summed E-state index contributed by atoms with van der Waals surface area (Å²) in [6, 6.07) is 6.64. The number of hydrogen-bond donors (Lipinski definition) is 0. The van der Waals surface area contributed by atoms with Crippen LogP contribution in [0.3, 0.4) is 0 Å². The lowest BCUT2D eigenvalue weighted by Crippen LogP contribution is -2.56. The van der Waals surface area contributed by atoms with Crippen LogP contribution in [-0.4, -0.2) is 84.7 Å². The number of carbonyl (C=O) groups is 1. The highest BCUT2D eigenvalue weighted by atomic mass is 35.5. The molecule has 2 aromatic rings. The van der Waals surface area contributed by atoms with Crippen molar-refractivity contribution in [2.45, 2.75) is 71.1 Å². The van der Waals surface area contributed by atoms with Crippen LogP contribution in [-0.2, 0) is 23.5 Å². The number of carbonyl (C=O) groups excluding carboxylic acids is 1. The van der Waals surface area contributed by atoms with Gasteiger partial charge in [-0.25, -0.2) is 0 Å². The Hall–Kier alpha value is -2.05. The van der Waals surface area contributed by atoms with Crippen LogP contribution in [0.5, 0.6) is 0 Å². The summed E-state index contributed by atoms with van der Waals surface area (Å²) in [6.45, 7) is 12.6. The molecule has 1 amide bonds. The zero-order valence-electron chi connectivity index (χ0n) is 25.3. The van der Waals surface area contributed by atoms with E-state index in [1.165, 1.54) is 4.90 Å². The molecule has 3 atom stereocenters. The number of amides is 1. The SMILES string of the molecule is Cc1ccc(C[C@@H]2CN(CCCN3CC(C)OC(C)C3)CCN2C(=O)c2cc(C(F)(F)F)cc(C(F)(F)F)c2)cc1C.Cl.Cl. The van der Waals surface area contributed by atoms with Gasteiger partial charge in [-0.05, 0) is 88.5 Å². The second kappa shape index (κ2) is 15.5. The summed E-state index contributed by atoms with van der Waals surface area (Å²) in [5.74, 6) is -0.823. The first-order valence-corrected chi connectivity index (χ1v) is 14.4. The van der Waals surface area contributed by atoms with Crippen LogP contribution < -0.4 is 0 Å². The van der Waals surface area contributed by atoms with Gasteiger partial charge in [-0.3, -0.25) is 14.6 Å². The van der Waals surface area contributed by atoms with Gasteiger partial charge < -0.3 is 9.64 Å². The van der Waals surface area contributed by atoms with Gasteiger partial charge in [0.15, 0.2) is 0 Å². The zero-order valence-corrected chi connectivity index (χ0v) is 26.9. The highest BCUT2D eigenvalue weighted by molar-refractivity contribution is 5.95. The van der Waals surface area contributed by atoms with Crippen LogP contribution in [0.2, 0.25) is 0 Å². The van der Waals surface area contributed by atoms with Crippen molar-refractivity contribution >= 4 is 30.7 Å². The number of rotatable bonds is 7. The van der Waals surface area contributed by atoms with E-state index in [0.717, 1.165) is 49.3 Å². The van der Waals surface area contributed by atoms with Crippen LogP contribution in [0.1, 0.15) is 58.4 Å². The number of halogens is 8. The van der Waals surface area contributed by atoms with E-state index in [0.29, 0.717) is 31.6 Å². The summed E-state index contributed by atoms with van der Waals surface area (Å²) in [4.78, 5) is 19.7. The predicted octanol–water partition coefficient (Wildman–Crippen LogP) is 7.05. The summed E-state index contributed by atoms with van der Waals surface area (Å²) >= 11 is 0. The first-order chi connectivity index (χ1) is 19.6. The van der Waals surface area contributed by atoms with E-state index in [1.54, 1.807) is 0 Å². The standard InChI is InChI=1S/C31H39F6N3O2.2ClH/c1-20-6-7-24(12-21(20)2)13-28-19-38(8-5-9-39-17-22(3)42-23(4)18-39)10-11-40(28)29(41)25-14-26(30(32,33)34)16-27(15-25)31(35,36)37;;/h6-7,12,14-16,22-23,28H,5,8-11,13,17-19H2,1-4H3;2*1H/t22?,23?,28-;;/m1../s1. The molecule has 2 aliphatic rings. The van der Waals surface area contributed by atoms with E-state index >= 15 is 0 Å². The number of benzene rings is 2. The number of morpholine rings is 1. The van der Waals surface area contributed by atoms with Gasteiger partial charge in [0.05, 0.1) is 23.3 Å². The predicted molar refractivity (Wildman–Crippen MR) is 163 cm³/mol. The van der Waals surface area contributed by atoms with Crippen LogP contribution in [0.25, 0.3) is 0 Å². The van der Waals surface area contributed by atoms with Crippen molar-refractivity contribution in [3.8, 4) is 0 Å². The molecule has 0 radical (unpaired) electrons. The highest BCUT2D eigenvalue weighted by Crippen LogP contribution is 2.37. The molecule has 2 heterocycles. The van der Waals surface area contributed by atoms with E-state index < -0.39 is 41.0 Å². The van der Waals surface area contributed by atoms with Crippen molar-refractivity contribution in [1.82, 2.24) is 14.7 Å². The largest absolute Gasteiger partial charge is 0.416 e. The van der Waals surface area contributed by atoms with Gasteiger partial charge in [-0.2, -0.15) is 26.3 Å². The number of ether oxygens (including phenoxy) is 1. The van der Waals surface area contributed by atoms with Crippen molar-refractivity contribution in [2.75, 3.05) is 45.8 Å². The van der Waals surface area contributed by atoms with E-state index in [4.69, 9.17) is 4.74 Å². The van der Waals surface area contributed by atoms with Gasteiger partial charge >= 0.3 is 12.4 Å². The Labute approximate surface area is 267 Å². The summed E-state index contributed by atoms with van der Waals surface area (Å²) in [5.41, 5.74) is -0.453. The molecule has 44 heavy (non-hydrogen) atoms. The lowest BCUT2D eigenvalue weighted by Gasteiger charge is -2.42. The van der Waals surface area contributed by atoms with Gasteiger partial charge in [0.1, 0.15) is 0 Å². The van der Waals surface area contributed by atoms with Crippen molar-refractivity contribution in [3.05, 3.63) is 69.8 Å². The molecular formula is C31H41Cl2F6N3O2. The minimum atomic E-state index is -5.02. The Morgan fingerprint density at radius 2 is 1.36 bits per heavy atom. The van der Waals surface area contributed by atoms with E-state index in [9.17, 15) is 31.1 Å². The Bertz CT molecular complexity index is 1220. The topological polar surface area (TPSA) is 36.0 Å². The summed E-state index contributed by atoms with van der Waals surface area (Å²) in [7, 11) is 0. The van der Waals surface area contributed by atoms with Gasteiger partial charge in [-0.1, -0.05) is 18.2 Å². The van der Waals surface area contributed by atoms with Gasteiger partial charge in [-0.15, -0.1) is 24.8 Å². The van der Waals surface area contributed by atoms with Crippen LogP contribution >= 0.6 is 24.8 Å². The van der Waals surface area contributed by atoms with Crippen LogP contribution in [0, 0.1) is 13.8 Å². The molecule has 2 unspecified atom stereocenters. The lowest BCUT2D eigenvalue weighted by atomic mass is 9.97. The van der Waals surface area contributed by atoms with Crippen LogP contribution in [0.4, 0.5) is 26.3 Å². The Morgan fingerprint density at radius 3 is 1.91 bits per heavy atom. The van der Waals surface area contributed by atoms with Gasteiger partial charge in [0, 0.05) is 44.3 Å².